The fourth-order valence-corrected chi connectivity index (χ4v) is 4.12. The van der Waals surface area contributed by atoms with E-state index in [1.54, 1.807) is 34.9 Å². The zero-order valence-corrected chi connectivity index (χ0v) is 16.4. The molecule has 2 aromatic rings. The van der Waals surface area contributed by atoms with Crippen LogP contribution in [0.2, 0.25) is 10.0 Å². The Kier molecular flexibility index (Phi) is 5.72. The maximum absolute atomic E-state index is 12.9. The summed E-state index contributed by atoms with van der Waals surface area (Å²) in [6.45, 7) is 5.36. The molecule has 0 saturated heterocycles. The first kappa shape index (κ1) is 18.3. The Morgan fingerprint density at radius 1 is 1.20 bits per heavy atom. The van der Waals surface area contributed by atoms with Gasteiger partial charge in [0.15, 0.2) is 5.17 Å². The molecule has 3 nitrogen and oxygen atoms in total. The van der Waals surface area contributed by atoms with Crippen molar-refractivity contribution in [2.24, 2.45) is 4.99 Å². The van der Waals surface area contributed by atoms with E-state index in [-0.39, 0.29) is 5.91 Å². The van der Waals surface area contributed by atoms with Crippen molar-refractivity contribution in [3.05, 3.63) is 68.7 Å². The van der Waals surface area contributed by atoms with Crippen LogP contribution in [0.4, 0.5) is 0 Å². The number of aryl methyl sites for hydroxylation is 2. The van der Waals surface area contributed by atoms with Crippen molar-refractivity contribution in [3.63, 3.8) is 0 Å². The molecule has 1 amide bonds. The third-order valence-corrected chi connectivity index (χ3v) is 5.69. The van der Waals surface area contributed by atoms with Crippen molar-refractivity contribution < 1.29 is 4.79 Å². The minimum Gasteiger partial charge on any atom is -0.286 e. The predicted octanol–water partition coefficient (Wildman–Crippen LogP) is 5.36. The highest BCUT2D eigenvalue weighted by atomic mass is 35.5. The number of aliphatic imine (C=N–C) groups is 1. The molecule has 0 bridgehead atoms. The van der Waals surface area contributed by atoms with E-state index < -0.39 is 0 Å². The molecule has 0 aromatic heterocycles. The van der Waals surface area contributed by atoms with Gasteiger partial charge in [-0.05, 0) is 43.2 Å². The third kappa shape index (κ3) is 4.20. The maximum atomic E-state index is 12.9. The summed E-state index contributed by atoms with van der Waals surface area (Å²) in [4.78, 5) is 19.0. The largest absolute Gasteiger partial charge is 0.286 e. The molecule has 0 saturated carbocycles. The maximum Gasteiger partial charge on any atom is 0.261 e. The number of amides is 1. The van der Waals surface area contributed by atoms with E-state index in [4.69, 9.17) is 23.2 Å². The monoisotopic (exact) mass is 392 g/mol. The van der Waals surface area contributed by atoms with Gasteiger partial charge in [0.1, 0.15) is 0 Å². The minimum atomic E-state index is -0.155. The van der Waals surface area contributed by atoms with Gasteiger partial charge in [0.2, 0.25) is 0 Å². The highest BCUT2D eigenvalue weighted by Gasteiger charge is 2.26. The van der Waals surface area contributed by atoms with Gasteiger partial charge in [-0.1, -0.05) is 58.7 Å². The highest BCUT2D eigenvalue weighted by Crippen LogP contribution is 2.27. The van der Waals surface area contributed by atoms with E-state index in [2.05, 4.69) is 37.0 Å². The second-order valence-electron chi connectivity index (χ2n) is 5.96. The Hall–Kier alpha value is -1.49. The Labute approximate surface area is 162 Å². The van der Waals surface area contributed by atoms with Gasteiger partial charge in [0.05, 0.1) is 17.1 Å². The fraction of sp³-hybridized carbons (Fsp3) is 0.263. The van der Waals surface area contributed by atoms with Crippen LogP contribution in [0.5, 0.6) is 0 Å². The standard InChI is InChI=1S/C19H18Cl2N2OS/c1-12-3-4-13(2)14(9-12)11-25-19-22-7-8-23(19)18(24)16-10-15(20)5-6-17(16)21/h3-6,9-10H,7-8,11H2,1-2H3. The summed E-state index contributed by atoms with van der Waals surface area (Å²) >= 11 is 13.8. The summed E-state index contributed by atoms with van der Waals surface area (Å²) in [7, 11) is 0. The molecule has 1 heterocycles. The van der Waals surface area contributed by atoms with Crippen LogP contribution in [-0.2, 0) is 5.75 Å². The summed E-state index contributed by atoms with van der Waals surface area (Å²) in [6, 6.07) is 11.3. The average Bonchev–Trinajstić information content (AvgIpc) is 3.05. The number of hydrogen-bond acceptors (Lipinski definition) is 3. The molecule has 2 aromatic carbocycles. The number of thioether (sulfide) groups is 1. The molecule has 0 aliphatic carbocycles. The van der Waals surface area contributed by atoms with Gasteiger partial charge >= 0.3 is 0 Å². The van der Waals surface area contributed by atoms with Gasteiger partial charge < -0.3 is 0 Å². The smallest absolute Gasteiger partial charge is 0.261 e. The lowest BCUT2D eigenvalue weighted by atomic mass is 10.1. The zero-order chi connectivity index (χ0) is 18.0. The Balaban J connectivity index is 1.75. The lowest BCUT2D eigenvalue weighted by Crippen LogP contribution is -2.33. The highest BCUT2D eigenvalue weighted by molar-refractivity contribution is 8.13. The van der Waals surface area contributed by atoms with Crippen LogP contribution in [0.1, 0.15) is 27.0 Å². The van der Waals surface area contributed by atoms with E-state index in [0.29, 0.717) is 28.7 Å². The van der Waals surface area contributed by atoms with Gasteiger partial charge in [-0.15, -0.1) is 0 Å². The van der Waals surface area contributed by atoms with Gasteiger partial charge in [-0.2, -0.15) is 0 Å². The molecule has 0 N–H and O–H groups in total. The number of carbonyl (C=O) groups excluding carboxylic acids is 1. The molecule has 3 rings (SSSR count). The van der Waals surface area contributed by atoms with Crippen molar-refractivity contribution >= 4 is 46.0 Å². The lowest BCUT2D eigenvalue weighted by molar-refractivity contribution is 0.0861. The van der Waals surface area contributed by atoms with Gasteiger partial charge in [-0.25, -0.2) is 0 Å². The zero-order valence-electron chi connectivity index (χ0n) is 14.1. The van der Waals surface area contributed by atoms with E-state index in [0.717, 1.165) is 10.9 Å². The second-order valence-corrected chi connectivity index (χ2v) is 7.75. The Morgan fingerprint density at radius 2 is 2.00 bits per heavy atom. The summed E-state index contributed by atoms with van der Waals surface area (Å²) < 4.78 is 0. The summed E-state index contributed by atoms with van der Waals surface area (Å²) in [5.41, 5.74) is 4.14. The first-order valence-electron chi connectivity index (χ1n) is 7.96. The van der Waals surface area contributed by atoms with Crippen LogP contribution < -0.4 is 0 Å². The van der Waals surface area contributed by atoms with Crippen LogP contribution in [0.25, 0.3) is 0 Å². The number of benzene rings is 2. The van der Waals surface area contributed by atoms with Gasteiger partial charge in [0, 0.05) is 17.3 Å². The van der Waals surface area contributed by atoms with Crippen LogP contribution in [-0.4, -0.2) is 29.1 Å². The number of amidine groups is 1. The minimum absolute atomic E-state index is 0.155. The van der Waals surface area contributed by atoms with Gasteiger partial charge in [-0.3, -0.25) is 14.7 Å². The van der Waals surface area contributed by atoms with Crippen LogP contribution in [0.3, 0.4) is 0 Å². The number of halogens is 2. The van der Waals surface area contributed by atoms with Crippen molar-refractivity contribution in [1.29, 1.82) is 0 Å². The molecule has 130 valence electrons. The van der Waals surface area contributed by atoms with Crippen molar-refractivity contribution in [2.75, 3.05) is 13.1 Å². The van der Waals surface area contributed by atoms with Gasteiger partial charge in [0.25, 0.3) is 5.91 Å². The topological polar surface area (TPSA) is 32.7 Å². The van der Waals surface area contributed by atoms with Crippen molar-refractivity contribution in [1.82, 2.24) is 4.90 Å². The molecule has 1 aliphatic rings. The number of carbonyl (C=O) groups is 1. The Bertz CT molecular complexity index is 851. The molecular weight excluding hydrogens is 375 g/mol. The molecule has 0 atom stereocenters. The number of rotatable bonds is 3. The summed E-state index contributed by atoms with van der Waals surface area (Å²) in [5.74, 6) is 0.622. The summed E-state index contributed by atoms with van der Waals surface area (Å²) in [6.07, 6.45) is 0. The molecule has 1 aliphatic heterocycles. The molecule has 6 heteroatoms. The second kappa shape index (κ2) is 7.81. The normalized spacial score (nSPS) is 13.9. The Morgan fingerprint density at radius 3 is 2.80 bits per heavy atom. The lowest BCUT2D eigenvalue weighted by Gasteiger charge is -2.19. The fourth-order valence-electron chi connectivity index (χ4n) is 2.64. The molecule has 0 fully saturated rings. The van der Waals surface area contributed by atoms with E-state index in [1.807, 2.05) is 0 Å². The number of hydrogen-bond donors (Lipinski definition) is 0. The quantitative estimate of drug-likeness (QED) is 0.704. The molecule has 0 radical (unpaired) electrons. The third-order valence-electron chi connectivity index (χ3n) is 4.07. The van der Waals surface area contributed by atoms with E-state index in [1.165, 1.54) is 16.7 Å². The van der Waals surface area contributed by atoms with E-state index in [9.17, 15) is 4.79 Å². The first-order valence-corrected chi connectivity index (χ1v) is 9.70. The SMILES string of the molecule is Cc1ccc(C)c(CSC2=NCCN2C(=O)c2cc(Cl)ccc2Cl)c1. The first-order chi connectivity index (χ1) is 12.0. The number of nitrogens with zero attached hydrogens (tertiary/aromatic N) is 2. The van der Waals surface area contributed by atoms with Crippen LogP contribution >= 0.6 is 35.0 Å². The average molecular weight is 393 g/mol. The van der Waals surface area contributed by atoms with E-state index >= 15 is 0 Å². The van der Waals surface area contributed by atoms with Crippen molar-refractivity contribution in [2.45, 2.75) is 19.6 Å². The van der Waals surface area contributed by atoms with Crippen LogP contribution in [0.15, 0.2) is 41.4 Å². The van der Waals surface area contributed by atoms with Crippen LogP contribution in [0, 0.1) is 13.8 Å². The van der Waals surface area contributed by atoms with Crippen molar-refractivity contribution in [3.8, 4) is 0 Å². The summed E-state index contributed by atoms with van der Waals surface area (Å²) in [5, 5.41) is 1.63. The molecule has 0 spiro atoms. The molecular formula is C19H18Cl2N2OS. The predicted molar refractivity (Wildman–Crippen MR) is 107 cm³/mol. The molecule has 0 unspecified atom stereocenters. The molecule has 25 heavy (non-hydrogen) atoms.